The minimum atomic E-state index is -2.00. The molecule has 0 spiro atoms. The lowest BCUT2D eigenvalue weighted by molar-refractivity contribution is -0.137. The lowest BCUT2D eigenvalue weighted by Gasteiger charge is -2.43. The quantitative estimate of drug-likeness (QED) is 0.344. The maximum absolute atomic E-state index is 12.9. The number of esters is 1. The minimum Gasteiger partial charge on any atom is -0.461 e. The molecule has 0 fully saturated rings. The van der Waals surface area contributed by atoms with Crippen molar-refractivity contribution in [2.45, 2.75) is 64.1 Å². The zero-order valence-electron chi connectivity index (χ0n) is 19.7. The number of rotatable bonds is 7. The van der Waals surface area contributed by atoms with E-state index in [0.717, 1.165) is 11.1 Å². The fourth-order valence-electron chi connectivity index (χ4n) is 5.27. The van der Waals surface area contributed by atoms with Gasteiger partial charge < -0.3 is 9.16 Å². The SMILES string of the molecule is CC(C)[Si](OCC1COC(=O)/C(c2ccccc2)=C\c2ccccc21)(C(C)C)C(C)C. The van der Waals surface area contributed by atoms with Crippen molar-refractivity contribution < 1.29 is 14.0 Å². The fourth-order valence-corrected chi connectivity index (χ4v) is 10.8. The first-order valence-corrected chi connectivity index (χ1v) is 13.6. The second-order valence-electron chi connectivity index (χ2n) is 9.48. The number of carbonyl (C=O) groups excluding carboxylic acids is 1. The van der Waals surface area contributed by atoms with Crippen LogP contribution in [0, 0.1) is 0 Å². The molecule has 3 rings (SSSR count). The highest BCUT2D eigenvalue weighted by molar-refractivity contribution is 6.77. The van der Waals surface area contributed by atoms with E-state index in [0.29, 0.717) is 35.4 Å². The normalized spacial score (nSPS) is 18.9. The van der Waals surface area contributed by atoms with Crippen LogP contribution in [0.25, 0.3) is 11.6 Å². The van der Waals surface area contributed by atoms with E-state index in [1.54, 1.807) is 0 Å². The molecule has 0 saturated carbocycles. The first-order chi connectivity index (χ1) is 14.8. The number of cyclic esters (lactones) is 1. The molecule has 0 amide bonds. The van der Waals surface area contributed by atoms with E-state index in [1.807, 2.05) is 42.5 Å². The predicted molar refractivity (Wildman–Crippen MR) is 131 cm³/mol. The molecule has 0 radical (unpaired) electrons. The zero-order valence-corrected chi connectivity index (χ0v) is 20.7. The number of hydrogen-bond acceptors (Lipinski definition) is 3. The van der Waals surface area contributed by atoms with Gasteiger partial charge in [-0.05, 0) is 39.4 Å². The summed E-state index contributed by atoms with van der Waals surface area (Å²) in [7, 11) is -2.00. The highest BCUT2D eigenvalue weighted by Crippen LogP contribution is 2.43. The van der Waals surface area contributed by atoms with Gasteiger partial charge in [-0.2, -0.15) is 0 Å². The van der Waals surface area contributed by atoms with Gasteiger partial charge in [0, 0.05) is 12.5 Å². The van der Waals surface area contributed by atoms with Gasteiger partial charge in [0.1, 0.15) is 6.61 Å². The summed E-state index contributed by atoms with van der Waals surface area (Å²) in [5, 5.41) is 0. The molecule has 31 heavy (non-hydrogen) atoms. The summed E-state index contributed by atoms with van der Waals surface area (Å²) in [6.45, 7) is 14.7. The Bertz CT molecular complexity index is 893. The molecule has 0 saturated heterocycles. The Kier molecular flexibility index (Phi) is 7.55. The van der Waals surface area contributed by atoms with Gasteiger partial charge in [-0.3, -0.25) is 0 Å². The highest BCUT2D eigenvalue weighted by atomic mass is 28.4. The van der Waals surface area contributed by atoms with Gasteiger partial charge in [-0.25, -0.2) is 4.79 Å². The number of carbonyl (C=O) groups is 1. The molecular formula is C27H36O3Si. The molecule has 2 aromatic carbocycles. The van der Waals surface area contributed by atoms with Gasteiger partial charge in [0.15, 0.2) is 8.32 Å². The second kappa shape index (κ2) is 9.97. The smallest absolute Gasteiger partial charge is 0.338 e. The van der Waals surface area contributed by atoms with Crippen LogP contribution in [0.3, 0.4) is 0 Å². The third-order valence-corrected chi connectivity index (χ3v) is 12.8. The van der Waals surface area contributed by atoms with E-state index in [4.69, 9.17) is 9.16 Å². The van der Waals surface area contributed by atoms with Gasteiger partial charge in [-0.15, -0.1) is 0 Å². The lowest BCUT2D eigenvalue weighted by Crippen LogP contribution is -2.48. The molecule has 1 aliphatic heterocycles. The van der Waals surface area contributed by atoms with E-state index in [-0.39, 0.29) is 11.9 Å². The third-order valence-electron chi connectivity index (χ3n) is 6.70. The van der Waals surface area contributed by atoms with Gasteiger partial charge in [-0.1, -0.05) is 96.1 Å². The molecule has 0 aromatic heterocycles. The summed E-state index contributed by atoms with van der Waals surface area (Å²) in [4.78, 5) is 12.9. The van der Waals surface area contributed by atoms with Crippen LogP contribution in [0.15, 0.2) is 54.6 Å². The van der Waals surface area contributed by atoms with Crippen LogP contribution in [-0.4, -0.2) is 27.5 Å². The maximum Gasteiger partial charge on any atom is 0.338 e. The van der Waals surface area contributed by atoms with Crippen LogP contribution >= 0.6 is 0 Å². The van der Waals surface area contributed by atoms with Crippen LogP contribution in [0.1, 0.15) is 64.2 Å². The van der Waals surface area contributed by atoms with Crippen LogP contribution in [0.2, 0.25) is 16.6 Å². The summed E-state index contributed by atoms with van der Waals surface area (Å²) in [6, 6.07) is 18.1. The van der Waals surface area contributed by atoms with Crippen molar-refractivity contribution in [2.75, 3.05) is 13.2 Å². The zero-order chi connectivity index (χ0) is 22.6. The number of hydrogen-bond donors (Lipinski definition) is 0. The summed E-state index contributed by atoms with van der Waals surface area (Å²) in [5.41, 5.74) is 5.28. The summed E-state index contributed by atoms with van der Waals surface area (Å²) < 4.78 is 12.7. The van der Waals surface area contributed by atoms with Crippen molar-refractivity contribution in [3.63, 3.8) is 0 Å². The first kappa shape index (κ1) is 23.5. The van der Waals surface area contributed by atoms with E-state index >= 15 is 0 Å². The fraction of sp³-hybridized carbons (Fsp3) is 0.444. The molecule has 1 heterocycles. The molecule has 4 heteroatoms. The van der Waals surface area contributed by atoms with E-state index in [2.05, 4.69) is 59.7 Å². The van der Waals surface area contributed by atoms with Crippen molar-refractivity contribution in [3.8, 4) is 0 Å². The molecule has 0 N–H and O–H groups in total. The topological polar surface area (TPSA) is 35.5 Å². The van der Waals surface area contributed by atoms with E-state index < -0.39 is 8.32 Å². The molecule has 2 aromatic rings. The van der Waals surface area contributed by atoms with Crippen molar-refractivity contribution in [1.82, 2.24) is 0 Å². The van der Waals surface area contributed by atoms with Gasteiger partial charge in [0.05, 0.1) is 5.57 Å². The molecule has 166 valence electrons. The van der Waals surface area contributed by atoms with Crippen LogP contribution in [0.4, 0.5) is 0 Å². The Balaban J connectivity index is 1.97. The lowest BCUT2D eigenvalue weighted by atomic mass is 9.92. The van der Waals surface area contributed by atoms with E-state index in [9.17, 15) is 4.79 Å². The van der Waals surface area contributed by atoms with Crippen LogP contribution < -0.4 is 0 Å². The highest BCUT2D eigenvalue weighted by Gasteiger charge is 2.45. The Labute approximate surface area is 188 Å². The second-order valence-corrected chi connectivity index (χ2v) is 14.9. The molecule has 3 nitrogen and oxygen atoms in total. The van der Waals surface area contributed by atoms with E-state index in [1.165, 1.54) is 5.56 Å². The Hall–Kier alpha value is -2.17. The van der Waals surface area contributed by atoms with Gasteiger partial charge in [0.25, 0.3) is 0 Å². The molecule has 1 atom stereocenters. The average molecular weight is 437 g/mol. The number of ether oxygens (including phenoxy) is 1. The Morgan fingerprint density at radius 1 is 0.903 bits per heavy atom. The third kappa shape index (κ3) is 4.86. The maximum atomic E-state index is 12.9. The summed E-state index contributed by atoms with van der Waals surface area (Å²) in [5.74, 6) is -0.248. The molecule has 0 aliphatic carbocycles. The standard InChI is InChI=1S/C27H36O3Si/c1-19(2)31(20(3)4,21(5)6)30-18-24-17-29-27(28)26(22-12-8-7-9-13-22)16-23-14-10-11-15-25(23)24/h7-16,19-21,24H,17-18H2,1-6H3/b26-16-. The van der Waals surface area contributed by atoms with Crippen molar-refractivity contribution in [2.24, 2.45) is 0 Å². The van der Waals surface area contributed by atoms with Gasteiger partial charge in [0.2, 0.25) is 0 Å². The largest absolute Gasteiger partial charge is 0.461 e. The van der Waals surface area contributed by atoms with Crippen molar-refractivity contribution >= 4 is 25.9 Å². The average Bonchev–Trinajstić information content (AvgIpc) is 2.73. The Morgan fingerprint density at radius 2 is 1.48 bits per heavy atom. The molecule has 1 aliphatic rings. The molecule has 0 bridgehead atoms. The summed E-state index contributed by atoms with van der Waals surface area (Å²) >= 11 is 0. The minimum absolute atomic E-state index is 0.0249. The monoisotopic (exact) mass is 436 g/mol. The number of benzene rings is 2. The van der Waals surface area contributed by atoms with Crippen LogP contribution in [0.5, 0.6) is 0 Å². The predicted octanol–water partition coefficient (Wildman–Crippen LogP) is 7.06. The van der Waals surface area contributed by atoms with Crippen molar-refractivity contribution in [1.29, 1.82) is 0 Å². The van der Waals surface area contributed by atoms with Crippen LogP contribution in [-0.2, 0) is 14.0 Å². The summed E-state index contributed by atoms with van der Waals surface area (Å²) in [6.07, 6.45) is 1.97. The van der Waals surface area contributed by atoms with Crippen molar-refractivity contribution in [3.05, 3.63) is 71.3 Å². The Morgan fingerprint density at radius 3 is 2.10 bits per heavy atom. The number of fused-ring (bicyclic) bond motifs is 1. The molecular weight excluding hydrogens is 400 g/mol. The van der Waals surface area contributed by atoms with Gasteiger partial charge >= 0.3 is 5.97 Å². The first-order valence-electron chi connectivity index (χ1n) is 11.4. The molecule has 1 unspecified atom stereocenters.